The minimum absolute atomic E-state index is 0.0206. The van der Waals surface area contributed by atoms with Gasteiger partial charge in [0.2, 0.25) is 0 Å². The number of rotatable bonds is 2. The van der Waals surface area contributed by atoms with Crippen LogP contribution in [0.1, 0.15) is 39.0 Å². The number of hydrogen-bond acceptors (Lipinski definition) is 2. The van der Waals surface area contributed by atoms with Crippen molar-refractivity contribution in [3.63, 3.8) is 0 Å². The summed E-state index contributed by atoms with van der Waals surface area (Å²) in [5.74, 6) is 0.232. The van der Waals surface area contributed by atoms with Gasteiger partial charge in [0.15, 0.2) is 0 Å². The fourth-order valence-corrected chi connectivity index (χ4v) is 1.60. The predicted molar refractivity (Wildman–Crippen MR) is 71.2 cm³/mol. The van der Waals surface area contributed by atoms with Crippen LogP contribution >= 0.6 is 39.5 Å². The molecule has 0 aromatic carbocycles. The molecule has 1 fully saturated rings. The SMILES string of the molecule is CCOC(=O)C1CCCCC1.[I][Zn][I]. The van der Waals surface area contributed by atoms with Gasteiger partial charge >= 0.3 is 55.6 Å². The Bertz CT molecular complexity index is 150. The summed E-state index contributed by atoms with van der Waals surface area (Å²) in [6.45, 7) is 2.38. The van der Waals surface area contributed by atoms with Crippen molar-refractivity contribution in [1.82, 2.24) is 0 Å². The molecule has 0 aliphatic heterocycles. The summed E-state index contributed by atoms with van der Waals surface area (Å²) in [5, 5.41) is 0. The summed E-state index contributed by atoms with van der Waals surface area (Å²) < 4.78 is 4.94. The van der Waals surface area contributed by atoms with Gasteiger partial charge in [-0.1, -0.05) is 19.3 Å². The van der Waals surface area contributed by atoms with Crippen molar-refractivity contribution in [3.8, 4) is 0 Å². The molecule has 1 aliphatic rings. The van der Waals surface area contributed by atoms with Crippen LogP contribution in [0.25, 0.3) is 0 Å². The van der Waals surface area contributed by atoms with Gasteiger partial charge in [-0.2, -0.15) is 0 Å². The first-order valence-corrected chi connectivity index (χ1v) is 23.1. The maximum atomic E-state index is 11.2. The Morgan fingerprint density at radius 2 is 1.86 bits per heavy atom. The first-order chi connectivity index (χ1) is 6.76. The molecule has 0 N–H and O–H groups in total. The maximum absolute atomic E-state index is 11.2. The van der Waals surface area contributed by atoms with E-state index >= 15 is 0 Å². The van der Waals surface area contributed by atoms with E-state index < -0.39 is 0 Å². The molecule has 0 unspecified atom stereocenters. The van der Waals surface area contributed by atoms with Crippen LogP contribution in [-0.2, 0) is 19.6 Å². The van der Waals surface area contributed by atoms with Gasteiger partial charge in [0, 0.05) is 0 Å². The number of esters is 1. The van der Waals surface area contributed by atoms with E-state index in [0.29, 0.717) is 6.61 Å². The summed E-state index contributed by atoms with van der Waals surface area (Å²) in [5.41, 5.74) is 0. The van der Waals surface area contributed by atoms with Crippen molar-refractivity contribution in [1.29, 1.82) is 0 Å². The second-order valence-electron chi connectivity index (χ2n) is 3.19. The van der Waals surface area contributed by atoms with Gasteiger partial charge in [-0.3, -0.25) is 4.79 Å². The number of halogens is 2. The molecule has 1 aliphatic carbocycles. The van der Waals surface area contributed by atoms with Crippen LogP contribution in [0.2, 0.25) is 0 Å². The zero-order valence-corrected chi connectivity index (χ0v) is 15.9. The normalized spacial score (nSPS) is 16.2. The van der Waals surface area contributed by atoms with Crippen molar-refractivity contribution in [3.05, 3.63) is 0 Å². The summed E-state index contributed by atoms with van der Waals surface area (Å²) in [6.07, 6.45) is 5.76. The second-order valence-corrected chi connectivity index (χ2v) is 26.7. The molecule has 14 heavy (non-hydrogen) atoms. The molecule has 0 radical (unpaired) electrons. The van der Waals surface area contributed by atoms with Crippen molar-refractivity contribution >= 4 is 45.5 Å². The van der Waals surface area contributed by atoms with Crippen LogP contribution in [0.5, 0.6) is 0 Å². The fourth-order valence-electron chi connectivity index (χ4n) is 1.60. The summed E-state index contributed by atoms with van der Waals surface area (Å²) in [4.78, 5) is 11.2. The molecule has 5 heteroatoms. The molecule has 1 saturated carbocycles. The molecule has 0 atom stereocenters. The number of hydrogen-bond donors (Lipinski definition) is 0. The molecular weight excluding hydrogens is 459 g/mol. The molecule has 1 rings (SSSR count). The number of carbonyl (C=O) groups is 1. The fraction of sp³-hybridized carbons (Fsp3) is 0.889. The van der Waals surface area contributed by atoms with Crippen molar-refractivity contribution in [2.45, 2.75) is 39.0 Å². The Hall–Kier alpha value is 1.55. The Balaban J connectivity index is 0.000000500. The molecule has 0 spiro atoms. The Kier molecular flexibility index (Phi) is 12.3. The van der Waals surface area contributed by atoms with Crippen LogP contribution in [0.15, 0.2) is 0 Å². The zero-order valence-electron chi connectivity index (χ0n) is 8.60. The quantitative estimate of drug-likeness (QED) is 0.344. The molecule has 0 heterocycles. The predicted octanol–water partition coefficient (Wildman–Crippen LogP) is 3.90. The van der Waals surface area contributed by atoms with Crippen molar-refractivity contribution in [2.24, 2.45) is 5.92 Å². The minimum atomic E-state index is 0.0206. The van der Waals surface area contributed by atoms with Gasteiger partial charge in [-0.15, -0.1) is 0 Å². The number of ether oxygens (including phenoxy) is 1. The third-order valence-electron chi connectivity index (χ3n) is 2.23. The monoisotopic (exact) mass is 474 g/mol. The third kappa shape index (κ3) is 7.79. The molecule has 0 bridgehead atoms. The van der Waals surface area contributed by atoms with Crippen molar-refractivity contribution in [2.75, 3.05) is 6.61 Å². The van der Waals surface area contributed by atoms with E-state index in [-0.39, 0.29) is 22.0 Å². The van der Waals surface area contributed by atoms with Gasteiger partial charge < -0.3 is 4.74 Å². The van der Waals surface area contributed by atoms with Gasteiger partial charge in [0.25, 0.3) is 0 Å². The molecule has 0 aromatic rings. The zero-order chi connectivity index (χ0) is 10.8. The Morgan fingerprint density at radius 3 is 2.29 bits per heavy atom. The summed E-state index contributed by atoms with van der Waals surface area (Å²) in [6, 6.07) is 0. The molecular formula is C9H16I2O2Zn. The Morgan fingerprint density at radius 1 is 1.36 bits per heavy atom. The number of carbonyl (C=O) groups excluding carboxylic acids is 1. The van der Waals surface area contributed by atoms with Crippen LogP contribution in [0.3, 0.4) is 0 Å². The van der Waals surface area contributed by atoms with E-state index in [2.05, 4.69) is 39.5 Å². The molecule has 80 valence electrons. The van der Waals surface area contributed by atoms with Gasteiger partial charge in [-0.25, -0.2) is 0 Å². The van der Waals surface area contributed by atoms with E-state index in [0.717, 1.165) is 12.8 Å². The van der Waals surface area contributed by atoms with Gasteiger partial charge in [-0.05, 0) is 19.8 Å². The Labute approximate surface area is 115 Å². The summed E-state index contributed by atoms with van der Waals surface area (Å²) in [7, 11) is 0.0650. The standard InChI is InChI=1S/C9H16O2.2HI.Zn/c1-2-11-9(10)8-6-4-3-5-7-8;;;/h8H,2-7H2,1H3;2*1H;/q;;;+2/p-2. The van der Waals surface area contributed by atoms with E-state index in [4.69, 9.17) is 4.74 Å². The van der Waals surface area contributed by atoms with Gasteiger partial charge in [0.05, 0.1) is 12.5 Å². The molecule has 0 aromatic heterocycles. The van der Waals surface area contributed by atoms with E-state index in [1.165, 1.54) is 19.3 Å². The van der Waals surface area contributed by atoms with E-state index in [9.17, 15) is 4.79 Å². The van der Waals surface area contributed by atoms with Crippen LogP contribution in [0.4, 0.5) is 0 Å². The summed E-state index contributed by atoms with van der Waals surface area (Å²) >= 11 is 4.93. The van der Waals surface area contributed by atoms with E-state index in [1.807, 2.05) is 6.92 Å². The van der Waals surface area contributed by atoms with Crippen LogP contribution in [0, 0.1) is 5.92 Å². The average Bonchev–Trinajstić information content (AvgIpc) is 2.21. The average molecular weight is 475 g/mol. The van der Waals surface area contributed by atoms with Crippen LogP contribution < -0.4 is 0 Å². The first kappa shape index (κ1) is 15.6. The second kappa shape index (κ2) is 11.1. The molecule has 2 nitrogen and oxygen atoms in total. The molecule has 0 saturated heterocycles. The molecule has 0 amide bonds. The van der Waals surface area contributed by atoms with Crippen molar-refractivity contribution < 1.29 is 19.6 Å². The topological polar surface area (TPSA) is 26.3 Å². The van der Waals surface area contributed by atoms with Gasteiger partial charge in [0.1, 0.15) is 0 Å². The third-order valence-corrected chi connectivity index (χ3v) is 2.23. The van der Waals surface area contributed by atoms with E-state index in [1.54, 1.807) is 0 Å². The first-order valence-electron chi connectivity index (χ1n) is 5.04. The van der Waals surface area contributed by atoms with Crippen LogP contribution in [-0.4, -0.2) is 12.6 Å².